The molecule has 4 rings (SSSR count). The summed E-state index contributed by atoms with van der Waals surface area (Å²) < 4.78 is 78.6. The van der Waals surface area contributed by atoms with Crippen LogP contribution in [0.1, 0.15) is 62.2 Å². The molecule has 0 saturated heterocycles. The molecule has 246 valence electrons. The molecular weight excluding hydrogens is 732 g/mol. The number of benzene rings is 2. The number of carbonyl (C=O) groups is 3. The van der Waals surface area contributed by atoms with Crippen LogP contribution >= 0.6 is 22.6 Å². The highest BCUT2D eigenvalue weighted by atomic mass is 127. The number of sulfone groups is 1. The highest BCUT2D eigenvalue weighted by Gasteiger charge is 2.43. The Balaban J connectivity index is 1.45. The predicted molar refractivity (Wildman–Crippen MR) is 166 cm³/mol. The number of carbonyl (C=O) groups excluding carboxylic acids is 3. The Hall–Kier alpha value is -3.08. The lowest BCUT2D eigenvalue weighted by Crippen LogP contribution is -2.42. The number of halogens is 4. The molecule has 10 nitrogen and oxygen atoms in total. The normalized spacial score (nSPS) is 23.6. The van der Waals surface area contributed by atoms with E-state index in [-0.39, 0.29) is 34.8 Å². The first-order valence-corrected chi connectivity index (χ1v) is 16.8. The minimum Gasteiger partial charge on any atom is -0.496 e. The quantitative estimate of drug-likeness (QED) is 0.181. The number of amides is 2. The third kappa shape index (κ3) is 7.67. The standard InChI is InChI=1S/C30H34F3IN2O8S/c1-29(28(39)43-3)12-10-18(11-13-29)44-25-15-21(24(42-2)16-22(25)31)27(38)36-23-9-5-8-20(23)26(37)35-17-6-4-7-19(14-17)45(40,41)30(32,33)34/h4,6-7,14-16,18,20,23H,5,8-13H2,1-3H3,(H,35,37)(H,36,38)/t18-,20-,23+,29+/m1/s1. The Bertz CT molecular complexity index is 1560. The van der Waals surface area contributed by atoms with Gasteiger partial charge in [0.1, 0.15) is 5.75 Å². The number of methoxy groups -OCH3 is 2. The first-order chi connectivity index (χ1) is 21.1. The van der Waals surface area contributed by atoms with Crippen LogP contribution < -0.4 is 20.1 Å². The number of rotatable bonds is 10. The molecule has 0 aromatic heterocycles. The molecule has 0 aliphatic heterocycles. The van der Waals surface area contributed by atoms with Crippen LogP contribution in [0.5, 0.6) is 11.5 Å². The van der Waals surface area contributed by atoms with Crippen molar-refractivity contribution in [3.05, 3.63) is 47.8 Å². The van der Waals surface area contributed by atoms with Gasteiger partial charge in [0.25, 0.3) is 15.7 Å². The molecule has 2 aromatic rings. The number of ether oxygens (including phenoxy) is 3. The zero-order valence-electron chi connectivity index (χ0n) is 24.8. The Morgan fingerprint density at radius 3 is 2.33 bits per heavy atom. The van der Waals surface area contributed by atoms with Crippen molar-refractivity contribution >= 4 is 55.9 Å². The number of nitrogens with one attached hydrogen (secondary N) is 2. The molecule has 2 saturated carbocycles. The highest BCUT2D eigenvalue weighted by molar-refractivity contribution is 14.1. The van der Waals surface area contributed by atoms with Crippen LogP contribution in [0.4, 0.5) is 18.9 Å². The molecule has 0 heterocycles. The van der Waals surface area contributed by atoms with E-state index < -0.39 is 53.0 Å². The topological polar surface area (TPSA) is 137 Å². The number of hydrogen-bond acceptors (Lipinski definition) is 8. The van der Waals surface area contributed by atoms with Crippen molar-refractivity contribution in [3.63, 3.8) is 0 Å². The molecule has 2 aliphatic carbocycles. The summed E-state index contributed by atoms with van der Waals surface area (Å²) in [5.74, 6) is -3.10. The van der Waals surface area contributed by atoms with E-state index in [1.54, 1.807) is 0 Å². The fourth-order valence-corrected chi connectivity index (χ4v) is 7.32. The Kier molecular flexibility index (Phi) is 10.6. The molecule has 2 fully saturated rings. The highest BCUT2D eigenvalue weighted by Crippen LogP contribution is 2.40. The molecule has 0 radical (unpaired) electrons. The summed E-state index contributed by atoms with van der Waals surface area (Å²) in [6, 6.07) is 6.24. The minimum absolute atomic E-state index is 0.00667. The van der Waals surface area contributed by atoms with E-state index in [2.05, 4.69) is 10.6 Å². The van der Waals surface area contributed by atoms with E-state index >= 15 is 0 Å². The zero-order valence-corrected chi connectivity index (χ0v) is 27.8. The molecule has 15 heteroatoms. The van der Waals surface area contributed by atoms with E-state index in [0.29, 0.717) is 67.5 Å². The largest absolute Gasteiger partial charge is 0.496 e. The molecule has 0 unspecified atom stereocenters. The van der Waals surface area contributed by atoms with Gasteiger partial charge in [0.05, 0.1) is 42.1 Å². The molecule has 2 amide bonds. The third-order valence-electron chi connectivity index (χ3n) is 8.39. The van der Waals surface area contributed by atoms with Crippen LogP contribution in [0, 0.1) is 17.2 Å². The summed E-state index contributed by atoms with van der Waals surface area (Å²) in [5.41, 5.74) is -0.643. The number of esters is 1. The first kappa shape index (κ1) is 34.8. The van der Waals surface area contributed by atoms with Crippen molar-refractivity contribution in [1.82, 2.24) is 5.32 Å². The number of anilines is 1. The van der Waals surface area contributed by atoms with Gasteiger partial charge in [-0.15, -0.1) is 0 Å². The number of alkyl halides is 3. The van der Waals surface area contributed by atoms with Crippen molar-refractivity contribution in [2.45, 2.75) is 72.2 Å². The first-order valence-electron chi connectivity index (χ1n) is 14.3. The van der Waals surface area contributed by atoms with Crippen LogP contribution in [0.25, 0.3) is 0 Å². The second kappa shape index (κ2) is 13.7. The summed E-state index contributed by atoms with van der Waals surface area (Å²) in [4.78, 5) is 38.1. The lowest BCUT2D eigenvalue weighted by Gasteiger charge is -2.35. The van der Waals surface area contributed by atoms with Gasteiger partial charge in [-0.3, -0.25) is 14.4 Å². The Labute approximate surface area is 272 Å². The van der Waals surface area contributed by atoms with Crippen LogP contribution in [0.2, 0.25) is 0 Å². The van der Waals surface area contributed by atoms with E-state index in [9.17, 15) is 36.0 Å². The van der Waals surface area contributed by atoms with Crippen molar-refractivity contribution in [2.24, 2.45) is 11.3 Å². The monoisotopic (exact) mass is 766 g/mol. The van der Waals surface area contributed by atoms with Crippen LogP contribution in [0.3, 0.4) is 0 Å². The maximum absolute atomic E-state index is 15.0. The third-order valence-corrected chi connectivity index (χ3v) is 11.6. The van der Waals surface area contributed by atoms with Crippen molar-refractivity contribution < 1.29 is 50.2 Å². The Morgan fingerprint density at radius 1 is 1.02 bits per heavy atom. The Morgan fingerprint density at radius 2 is 1.71 bits per heavy atom. The smallest absolute Gasteiger partial charge is 0.398 e. The molecule has 0 bridgehead atoms. The second-order valence-electron chi connectivity index (χ2n) is 11.4. The molecule has 2 aromatic carbocycles. The molecule has 0 spiro atoms. The van der Waals surface area contributed by atoms with E-state index in [0.717, 1.165) is 18.2 Å². The van der Waals surface area contributed by atoms with E-state index in [1.807, 2.05) is 6.92 Å². The predicted octanol–water partition coefficient (Wildman–Crippen LogP) is 5.63. The lowest BCUT2D eigenvalue weighted by atomic mass is 9.75. The maximum atomic E-state index is 15.0. The lowest BCUT2D eigenvalue weighted by molar-refractivity contribution is -0.154. The number of hydrogen-bond donors (Lipinski definition) is 2. The van der Waals surface area contributed by atoms with Gasteiger partial charge in [-0.1, -0.05) is 12.5 Å². The summed E-state index contributed by atoms with van der Waals surface area (Å²) in [6.07, 6.45) is 3.01. The van der Waals surface area contributed by atoms with E-state index in [4.69, 9.17) is 14.2 Å². The van der Waals surface area contributed by atoms with Crippen LogP contribution in [-0.2, 0) is 24.2 Å². The summed E-state index contributed by atoms with van der Waals surface area (Å²) >= 11 is 0.534. The summed E-state index contributed by atoms with van der Waals surface area (Å²) in [6.45, 7) is 1.82. The molecule has 2 aliphatic rings. The fourth-order valence-electron chi connectivity index (χ4n) is 5.75. The van der Waals surface area contributed by atoms with Gasteiger partial charge in [0, 0.05) is 40.4 Å². The fraction of sp³-hybridized carbons (Fsp3) is 0.500. The molecule has 45 heavy (non-hydrogen) atoms. The van der Waals surface area contributed by atoms with Gasteiger partial charge in [-0.25, -0.2) is 12.8 Å². The van der Waals surface area contributed by atoms with Crippen LogP contribution in [0.15, 0.2) is 41.3 Å². The SMILES string of the molecule is COc1cc(F)c(O[C@H]2CC[C@@](C)(C(=O)OC)CC2)cc1C(=O)N[C@H]1CCC[C@H]1C(=O)Nc1cccc(S(=O)(=O)C(F)(F)I)c1. The van der Waals surface area contributed by atoms with E-state index in [1.165, 1.54) is 32.4 Å². The van der Waals surface area contributed by atoms with Crippen LogP contribution in [-0.4, -0.2) is 55.8 Å². The second-order valence-corrected chi connectivity index (χ2v) is 15.5. The maximum Gasteiger partial charge on any atom is 0.398 e. The van der Waals surface area contributed by atoms with Gasteiger partial charge in [-0.2, -0.15) is 8.78 Å². The van der Waals surface area contributed by atoms with Gasteiger partial charge in [0.15, 0.2) is 11.6 Å². The van der Waals surface area contributed by atoms with Gasteiger partial charge in [-0.05, 0) is 69.7 Å². The molecule has 2 atom stereocenters. The minimum atomic E-state index is -4.97. The molecular formula is C30H34F3IN2O8S. The zero-order chi connectivity index (χ0) is 33.2. The van der Waals surface area contributed by atoms with Crippen molar-refractivity contribution in [2.75, 3.05) is 19.5 Å². The van der Waals surface area contributed by atoms with Crippen molar-refractivity contribution in [3.8, 4) is 11.5 Å². The summed E-state index contributed by atoms with van der Waals surface area (Å²) in [7, 11) is -2.34. The summed E-state index contributed by atoms with van der Waals surface area (Å²) in [5, 5.41) is 5.38. The average molecular weight is 767 g/mol. The van der Waals surface area contributed by atoms with Gasteiger partial charge < -0.3 is 24.8 Å². The average Bonchev–Trinajstić information content (AvgIpc) is 3.46. The van der Waals surface area contributed by atoms with Gasteiger partial charge in [0.2, 0.25) is 5.91 Å². The van der Waals surface area contributed by atoms with Crippen molar-refractivity contribution in [1.29, 1.82) is 0 Å². The van der Waals surface area contributed by atoms with Gasteiger partial charge >= 0.3 is 9.23 Å². The molecule has 2 N–H and O–H groups in total.